The number of anilines is 1. The molecular weight excluding hydrogens is 392 g/mol. The summed E-state index contributed by atoms with van der Waals surface area (Å²) in [6.07, 6.45) is 0.327. The Labute approximate surface area is 171 Å². The molecule has 3 aromatic rings. The summed E-state index contributed by atoms with van der Waals surface area (Å²) in [6.45, 7) is 0. The second-order valence-corrected chi connectivity index (χ2v) is 8.13. The van der Waals surface area contributed by atoms with Crippen molar-refractivity contribution < 1.29 is 14.3 Å². The van der Waals surface area contributed by atoms with Crippen molar-refractivity contribution in [3.63, 3.8) is 0 Å². The summed E-state index contributed by atoms with van der Waals surface area (Å²) in [4.78, 5) is 26.0. The van der Waals surface area contributed by atoms with Crippen molar-refractivity contribution in [1.29, 1.82) is 0 Å². The van der Waals surface area contributed by atoms with Crippen molar-refractivity contribution in [2.45, 2.75) is 11.3 Å². The van der Waals surface area contributed by atoms with Gasteiger partial charge in [-0.05, 0) is 35.9 Å². The largest absolute Gasteiger partial charge is 0.497 e. The molecule has 2 aromatic carbocycles. The molecule has 28 heavy (non-hydrogen) atoms. The topological polar surface area (TPSA) is 81.4 Å². The molecule has 5 nitrogen and oxygen atoms in total. The van der Waals surface area contributed by atoms with Gasteiger partial charge in [0.1, 0.15) is 10.8 Å². The molecule has 3 N–H and O–H groups in total. The lowest BCUT2D eigenvalue weighted by Gasteiger charge is -2.05. The summed E-state index contributed by atoms with van der Waals surface area (Å²) in [5.74, 6) is 0.723. The molecule has 144 valence electrons. The molecular formula is C21H20N2O3S2. The van der Waals surface area contributed by atoms with Gasteiger partial charge in [0, 0.05) is 21.9 Å². The SMILES string of the molecule is COc1ccc(SCCC(=O)Nc2sc(-c3ccccc3)cc2C(N)=O)cc1. The molecule has 0 saturated carbocycles. The Morgan fingerprint density at radius 1 is 1.11 bits per heavy atom. The third-order valence-corrected chi connectivity index (χ3v) is 6.08. The predicted molar refractivity (Wildman–Crippen MR) is 115 cm³/mol. The van der Waals surface area contributed by atoms with E-state index in [1.807, 2.05) is 54.6 Å². The monoisotopic (exact) mass is 412 g/mol. The van der Waals surface area contributed by atoms with Crippen molar-refractivity contribution in [2.24, 2.45) is 5.73 Å². The molecule has 7 heteroatoms. The Kier molecular flexibility index (Phi) is 6.73. The first kappa shape index (κ1) is 20.0. The van der Waals surface area contributed by atoms with E-state index < -0.39 is 5.91 Å². The fourth-order valence-electron chi connectivity index (χ4n) is 2.53. The second-order valence-electron chi connectivity index (χ2n) is 5.91. The summed E-state index contributed by atoms with van der Waals surface area (Å²) in [5, 5.41) is 3.32. The number of amides is 2. The molecule has 2 amide bonds. The summed E-state index contributed by atoms with van der Waals surface area (Å²) in [5.41, 5.74) is 6.79. The maximum atomic E-state index is 12.3. The van der Waals surface area contributed by atoms with Crippen LogP contribution in [-0.4, -0.2) is 24.7 Å². The van der Waals surface area contributed by atoms with Gasteiger partial charge in [-0.1, -0.05) is 30.3 Å². The lowest BCUT2D eigenvalue weighted by Crippen LogP contribution is -2.16. The average Bonchev–Trinajstić information content (AvgIpc) is 3.13. The second kappa shape index (κ2) is 9.43. The number of ether oxygens (including phenoxy) is 1. The van der Waals surface area contributed by atoms with Crippen molar-refractivity contribution in [3.05, 3.63) is 66.2 Å². The zero-order valence-electron chi connectivity index (χ0n) is 15.3. The van der Waals surface area contributed by atoms with Crippen LogP contribution in [0, 0.1) is 0 Å². The van der Waals surface area contributed by atoms with Gasteiger partial charge in [-0.15, -0.1) is 23.1 Å². The van der Waals surface area contributed by atoms with Crippen LogP contribution >= 0.6 is 23.1 Å². The van der Waals surface area contributed by atoms with E-state index in [0.717, 1.165) is 21.1 Å². The van der Waals surface area contributed by atoms with E-state index in [9.17, 15) is 9.59 Å². The minimum atomic E-state index is -0.554. The van der Waals surface area contributed by atoms with Gasteiger partial charge in [0.15, 0.2) is 0 Å². The average molecular weight is 413 g/mol. The quantitative estimate of drug-likeness (QED) is 0.528. The number of primary amides is 1. The van der Waals surface area contributed by atoms with E-state index >= 15 is 0 Å². The van der Waals surface area contributed by atoms with Gasteiger partial charge in [-0.25, -0.2) is 0 Å². The van der Waals surface area contributed by atoms with Gasteiger partial charge < -0.3 is 15.8 Å². The minimum Gasteiger partial charge on any atom is -0.497 e. The number of thioether (sulfide) groups is 1. The summed E-state index contributed by atoms with van der Waals surface area (Å²) in [7, 11) is 1.63. The molecule has 0 unspecified atom stereocenters. The fraction of sp³-hybridized carbons (Fsp3) is 0.143. The first-order valence-electron chi connectivity index (χ1n) is 8.62. The molecule has 1 heterocycles. The molecule has 0 bridgehead atoms. The maximum Gasteiger partial charge on any atom is 0.251 e. The third kappa shape index (κ3) is 5.15. The normalized spacial score (nSPS) is 10.5. The highest BCUT2D eigenvalue weighted by Gasteiger charge is 2.16. The molecule has 0 aliphatic rings. The zero-order chi connectivity index (χ0) is 19.9. The van der Waals surface area contributed by atoms with E-state index in [4.69, 9.17) is 10.5 Å². The summed E-state index contributed by atoms with van der Waals surface area (Å²) in [6, 6.07) is 19.1. The van der Waals surface area contributed by atoms with Crippen LogP contribution in [0.2, 0.25) is 0 Å². The van der Waals surface area contributed by atoms with E-state index in [2.05, 4.69) is 5.32 Å². The van der Waals surface area contributed by atoms with Crippen molar-refractivity contribution in [3.8, 4) is 16.2 Å². The van der Waals surface area contributed by atoms with Crippen molar-refractivity contribution in [1.82, 2.24) is 0 Å². The number of methoxy groups -OCH3 is 1. The van der Waals surface area contributed by atoms with Gasteiger partial charge in [0.05, 0.1) is 12.7 Å². The molecule has 0 spiro atoms. The van der Waals surface area contributed by atoms with Crippen LogP contribution in [0.1, 0.15) is 16.8 Å². The number of carbonyl (C=O) groups is 2. The van der Waals surface area contributed by atoms with E-state index in [1.165, 1.54) is 11.3 Å². The molecule has 0 atom stereocenters. The number of hydrogen-bond acceptors (Lipinski definition) is 5. The van der Waals surface area contributed by atoms with Crippen LogP contribution in [0.4, 0.5) is 5.00 Å². The van der Waals surface area contributed by atoms with Gasteiger partial charge in [0.2, 0.25) is 5.91 Å². The standard InChI is InChI=1S/C21H20N2O3S2/c1-26-15-7-9-16(10-8-15)27-12-11-19(24)23-21-17(20(22)25)13-18(28-21)14-5-3-2-4-6-14/h2-10,13H,11-12H2,1H3,(H2,22,25)(H,23,24). The summed E-state index contributed by atoms with van der Waals surface area (Å²) >= 11 is 2.94. The molecule has 0 fully saturated rings. The van der Waals surface area contributed by atoms with Crippen LogP contribution in [0.15, 0.2) is 65.6 Å². The Hall–Kier alpha value is -2.77. The fourth-order valence-corrected chi connectivity index (χ4v) is 4.47. The molecule has 0 aliphatic heterocycles. The predicted octanol–water partition coefficient (Wildman–Crippen LogP) is 4.64. The molecule has 0 saturated heterocycles. The van der Waals surface area contributed by atoms with Crippen molar-refractivity contribution >= 4 is 39.9 Å². The Balaban J connectivity index is 1.61. The molecule has 0 radical (unpaired) electrons. The first-order valence-corrected chi connectivity index (χ1v) is 10.4. The number of carbonyl (C=O) groups excluding carboxylic acids is 2. The highest BCUT2D eigenvalue weighted by molar-refractivity contribution is 7.99. The highest BCUT2D eigenvalue weighted by Crippen LogP contribution is 2.35. The molecule has 1 aromatic heterocycles. The Bertz CT molecular complexity index is 954. The Morgan fingerprint density at radius 2 is 1.82 bits per heavy atom. The number of nitrogens with one attached hydrogen (secondary N) is 1. The highest BCUT2D eigenvalue weighted by atomic mass is 32.2. The van der Waals surface area contributed by atoms with E-state index in [1.54, 1.807) is 24.9 Å². The lowest BCUT2D eigenvalue weighted by atomic mass is 10.1. The van der Waals surface area contributed by atoms with Crippen LogP contribution in [-0.2, 0) is 4.79 Å². The van der Waals surface area contributed by atoms with Crippen LogP contribution in [0.5, 0.6) is 5.75 Å². The summed E-state index contributed by atoms with van der Waals surface area (Å²) < 4.78 is 5.13. The minimum absolute atomic E-state index is 0.148. The van der Waals surface area contributed by atoms with Crippen LogP contribution < -0.4 is 15.8 Å². The van der Waals surface area contributed by atoms with Crippen LogP contribution in [0.25, 0.3) is 10.4 Å². The Morgan fingerprint density at radius 3 is 2.46 bits per heavy atom. The van der Waals surface area contributed by atoms with Crippen molar-refractivity contribution in [2.75, 3.05) is 18.2 Å². The third-order valence-electron chi connectivity index (χ3n) is 3.97. The first-order chi connectivity index (χ1) is 13.6. The molecule has 0 aliphatic carbocycles. The van der Waals surface area contributed by atoms with Crippen LogP contribution in [0.3, 0.4) is 0 Å². The zero-order valence-corrected chi connectivity index (χ0v) is 16.9. The van der Waals surface area contributed by atoms with Gasteiger partial charge in [-0.3, -0.25) is 9.59 Å². The number of thiophene rings is 1. The number of benzene rings is 2. The van der Waals surface area contributed by atoms with E-state index in [-0.39, 0.29) is 5.91 Å². The number of nitrogens with two attached hydrogens (primary N) is 1. The number of hydrogen-bond donors (Lipinski definition) is 2. The smallest absolute Gasteiger partial charge is 0.251 e. The van der Waals surface area contributed by atoms with Gasteiger partial charge in [-0.2, -0.15) is 0 Å². The lowest BCUT2D eigenvalue weighted by molar-refractivity contribution is -0.115. The van der Waals surface area contributed by atoms with E-state index in [0.29, 0.717) is 22.7 Å². The molecule has 3 rings (SSSR count). The van der Waals surface area contributed by atoms with Gasteiger partial charge >= 0.3 is 0 Å². The maximum absolute atomic E-state index is 12.3. The number of rotatable bonds is 8. The van der Waals surface area contributed by atoms with Gasteiger partial charge in [0.25, 0.3) is 5.91 Å².